The third-order valence-corrected chi connectivity index (χ3v) is 1.90. The van der Waals surface area contributed by atoms with Crippen LogP contribution in [0.25, 0.3) is 0 Å². The number of carbonyl (C=O) groups is 1. The average Bonchev–Trinajstić information content (AvgIpc) is 2.27. The molecule has 0 fully saturated rings. The van der Waals surface area contributed by atoms with Crippen LogP contribution in [0, 0.1) is 0 Å². The summed E-state index contributed by atoms with van der Waals surface area (Å²) in [5, 5.41) is 3.99. The van der Waals surface area contributed by atoms with Gasteiger partial charge in [-0.25, -0.2) is 5.43 Å². The molecule has 0 spiro atoms. The van der Waals surface area contributed by atoms with E-state index in [1.54, 1.807) is 24.5 Å². The molecule has 4 heteroatoms. The second kappa shape index (κ2) is 5.90. The zero-order valence-corrected chi connectivity index (χ0v) is 9.03. The Bertz CT molecular complexity index is 346. The summed E-state index contributed by atoms with van der Waals surface area (Å²) in [7, 11) is 0. The summed E-state index contributed by atoms with van der Waals surface area (Å²) >= 11 is 0. The first-order valence-corrected chi connectivity index (χ1v) is 4.97. The van der Waals surface area contributed by atoms with Gasteiger partial charge in [0.2, 0.25) is 0 Å². The lowest BCUT2D eigenvalue weighted by Crippen LogP contribution is -2.18. The monoisotopic (exact) mass is 205 g/mol. The molecule has 0 aliphatic carbocycles. The van der Waals surface area contributed by atoms with E-state index in [0.29, 0.717) is 5.56 Å². The number of hydrogen-bond donors (Lipinski definition) is 1. The zero-order valence-electron chi connectivity index (χ0n) is 9.03. The largest absolute Gasteiger partial charge is 0.271 e. The first kappa shape index (κ1) is 11.4. The van der Waals surface area contributed by atoms with Gasteiger partial charge in [-0.2, -0.15) is 5.10 Å². The van der Waals surface area contributed by atoms with Gasteiger partial charge in [0, 0.05) is 23.7 Å². The first-order chi connectivity index (χ1) is 7.24. The summed E-state index contributed by atoms with van der Waals surface area (Å²) in [6.07, 6.45) is 5.09. The highest BCUT2D eigenvalue weighted by molar-refractivity contribution is 5.95. The highest BCUT2D eigenvalue weighted by atomic mass is 16.2. The molecule has 80 valence electrons. The summed E-state index contributed by atoms with van der Waals surface area (Å²) in [6.45, 7) is 3.97. The lowest BCUT2D eigenvalue weighted by Gasteiger charge is -2.00. The van der Waals surface area contributed by atoms with Crippen molar-refractivity contribution >= 4 is 11.6 Å². The van der Waals surface area contributed by atoms with Gasteiger partial charge in [0.15, 0.2) is 0 Å². The second-order valence-corrected chi connectivity index (χ2v) is 3.27. The summed E-state index contributed by atoms with van der Waals surface area (Å²) in [4.78, 5) is 15.3. The van der Waals surface area contributed by atoms with Crippen molar-refractivity contribution in [3.63, 3.8) is 0 Å². The Balaban J connectivity index is 2.54. The number of amides is 1. The molecule has 1 N–H and O–H groups in total. The predicted molar refractivity (Wildman–Crippen MR) is 59.7 cm³/mol. The van der Waals surface area contributed by atoms with Gasteiger partial charge >= 0.3 is 0 Å². The highest BCUT2D eigenvalue weighted by Crippen LogP contribution is 1.96. The van der Waals surface area contributed by atoms with Crippen LogP contribution in [0.1, 0.15) is 37.0 Å². The fraction of sp³-hybridized carbons (Fsp3) is 0.364. The maximum atomic E-state index is 11.5. The van der Waals surface area contributed by atoms with Crippen LogP contribution in [0.5, 0.6) is 0 Å². The molecule has 1 heterocycles. The summed E-state index contributed by atoms with van der Waals surface area (Å²) in [5.74, 6) is -0.201. The van der Waals surface area contributed by atoms with Crippen molar-refractivity contribution in [1.29, 1.82) is 0 Å². The maximum Gasteiger partial charge on any atom is 0.271 e. The summed E-state index contributed by atoms with van der Waals surface area (Å²) < 4.78 is 0. The van der Waals surface area contributed by atoms with Crippen molar-refractivity contribution in [3.8, 4) is 0 Å². The fourth-order valence-corrected chi connectivity index (χ4v) is 1.13. The zero-order chi connectivity index (χ0) is 11.1. The number of aromatic nitrogens is 1. The SMILES string of the molecule is CCC/C(C)=N\NC(=O)c1ccncc1. The van der Waals surface area contributed by atoms with E-state index in [-0.39, 0.29) is 5.91 Å². The van der Waals surface area contributed by atoms with Crippen molar-refractivity contribution in [2.75, 3.05) is 0 Å². The molecule has 0 radical (unpaired) electrons. The molecule has 1 rings (SSSR count). The van der Waals surface area contributed by atoms with Crippen molar-refractivity contribution in [1.82, 2.24) is 10.4 Å². The van der Waals surface area contributed by atoms with E-state index < -0.39 is 0 Å². The number of nitrogens with zero attached hydrogens (tertiary/aromatic N) is 2. The minimum atomic E-state index is -0.201. The molecule has 1 aromatic heterocycles. The molecule has 1 aromatic rings. The van der Waals surface area contributed by atoms with Crippen LogP contribution in [0.4, 0.5) is 0 Å². The smallest absolute Gasteiger partial charge is 0.267 e. The van der Waals surface area contributed by atoms with Crippen LogP contribution < -0.4 is 5.43 Å². The average molecular weight is 205 g/mol. The molecule has 0 aliphatic rings. The molecular formula is C11H15N3O. The van der Waals surface area contributed by atoms with Gasteiger partial charge in [0.25, 0.3) is 5.91 Å². The summed E-state index contributed by atoms with van der Waals surface area (Å²) in [5.41, 5.74) is 4.00. The Kier molecular flexibility index (Phi) is 4.47. The number of hydrazone groups is 1. The van der Waals surface area contributed by atoms with E-state index in [2.05, 4.69) is 22.4 Å². The van der Waals surface area contributed by atoms with Crippen molar-refractivity contribution in [3.05, 3.63) is 30.1 Å². The molecule has 4 nitrogen and oxygen atoms in total. The third-order valence-electron chi connectivity index (χ3n) is 1.90. The predicted octanol–water partition coefficient (Wildman–Crippen LogP) is 1.99. The maximum absolute atomic E-state index is 11.5. The van der Waals surface area contributed by atoms with Gasteiger partial charge in [-0.05, 0) is 25.5 Å². The Morgan fingerprint density at radius 2 is 2.13 bits per heavy atom. The Morgan fingerprint density at radius 1 is 1.47 bits per heavy atom. The molecule has 0 atom stereocenters. The van der Waals surface area contributed by atoms with Crippen molar-refractivity contribution < 1.29 is 4.79 Å². The lowest BCUT2D eigenvalue weighted by molar-refractivity contribution is 0.0954. The van der Waals surface area contributed by atoms with Crippen LogP contribution >= 0.6 is 0 Å². The molecule has 0 unspecified atom stereocenters. The Morgan fingerprint density at radius 3 is 2.73 bits per heavy atom. The van der Waals surface area contributed by atoms with Crippen LogP contribution in [-0.2, 0) is 0 Å². The van der Waals surface area contributed by atoms with Gasteiger partial charge < -0.3 is 0 Å². The van der Waals surface area contributed by atoms with Crippen LogP contribution in [0.15, 0.2) is 29.6 Å². The van der Waals surface area contributed by atoms with Gasteiger partial charge in [0.1, 0.15) is 0 Å². The molecule has 0 saturated carbocycles. The Labute approximate surface area is 89.4 Å². The molecule has 0 aliphatic heterocycles. The number of rotatable bonds is 4. The molecule has 1 amide bonds. The van der Waals surface area contributed by atoms with Crippen LogP contribution in [0.3, 0.4) is 0 Å². The normalized spacial score (nSPS) is 11.2. The van der Waals surface area contributed by atoms with Crippen LogP contribution in [0.2, 0.25) is 0 Å². The van der Waals surface area contributed by atoms with E-state index in [1.165, 1.54) is 0 Å². The highest BCUT2D eigenvalue weighted by Gasteiger charge is 2.02. The minimum Gasteiger partial charge on any atom is -0.267 e. The minimum absolute atomic E-state index is 0.201. The molecule has 0 aromatic carbocycles. The van der Waals surface area contributed by atoms with E-state index in [4.69, 9.17) is 0 Å². The van der Waals surface area contributed by atoms with E-state index in [9.17, 15) is 4.79 Å². The number of hydrogen-bond acceptors (Lipinski definition) is 3. The van der Waals surface area contributed by atoms with E-state index in [1.807, 2.05) is 6.92 Å². The van der Waals surface area contributed by atoms with Gasteiger partial charge in [0.05, 0.1) is 0 Å². The van der Waals surface area contributed by atoms with Gasteiger partial charge in [-0.1, -0.05) is 13.3 Å². The molecular weight excluding hydrogens is 190 g/mol. The number of pyridine rings is 1. The first-order valence-electron chi connectivity index (χ1n) is 4.97. The van der Waals surface area contributed by atoms with E-state index in [0.717, 1.165) is 18.6 Å². The second-order valence-electron chi connectivity index (χ2n) is 3.27. The van der Waals surface area contributed by atoms with Gasteiger partial charge in [-0.3, -0.25) is 9.78 Å². The lowest BCUT2D eigenvalue weighted by atomic mass is 10.2. The standard InChI is InChI=1S/C11H15N3O/c1-3-4-9(2)13-14-11(15)10-5-7-12-8-6-10/h5-8H,3-4H2,1-2H3,(H,14,15)/b13-9-. The molecule has 0 bridgehead atoms. The number of carbonyl (C=O) groups excluding carboxylic acids is 1. The number of nitrogens with one attached hydrogen (secondary N) is 1. The quantitative estimate of drug-likeness (QED) is 0.603. The van der Waals surface area contributed by atoms with Crippen molar-refractivity contribution in [2.45, 2.75) is 26.7 Å². The Hall–Kier alpha value is -1.71. The van der Waals surface area contributed by atoms with Gasteiger partial charge in [-0.15, -0.1) is 0 Å². The topological polar surface area (TPSA) is 54.4 Å². The fourth-order valence-electron chi connectivity index (χ4n) is 1.13. The molecule has 15 heavy (non-hydrogen) atoms. The molecule has 0 saturated heterocycles. The summed E-state index contributed by atoms with van der Waals surface area (Å²) in [6, 6.07) is 3.31. The van der Waals surface area contributed by atoms with Crippen LogP contribution in [-0.4, -0.2) is 16.6 Å². The van der Waals surface area contributed by atoms with Crippen molar-refractivity contribution in [2.24, 2.45) is 5.10 Å². The van der Waals surface area contributed by atoms with E-state index >= 15 is 0 Å². The third kappa shape index (κ3) is 3.89.